The minimum Gasteiger partial charge on any atom is -0.496 e. The van der Waals surface area contributed by atoms with E-state index in [0.717, 1.165) is 11.3 Å². The molecule has 0 amide bonds. The molecule has 88 valence electrons. The highest BCUT2D eigenvalue weighted by Crippen LogP contribution is 2.41. The van der Waals surface area contributed by atoms with Gasteiger partial charge in [-0.15, -0.1) is 0 Å². The highest BCUT2D eigenvalue weighted by molar-refractivity contribution is 5.39. The Morgan fingerprint density at radius 3 is 2.50 bits per heavy atom. The number of para-hydroxylation sites is 1. The zero-order valence-corrected chi connectivity index (χ0v) is 10.2. The maximum atomic E-state index is 6.54. The Labute approximate surface area is 97.8 Å². The quantitative estimate of drug-likeness (QED) is 0.848. The molecule has 2 rings (SSSR count). The summed E-state index contributed by atoms with van der Waals surface area (Å²) in [4.78, 5) is 0. The first-order valence-electron chi connectivity index (χ1n) is 6.08. The van der Waals surface area contributed by atoms with Crippen LogP contribution in [0.4, 0.5) is 0 Å². The van der Waals surface area contributed by atoms with E-state index < -0.39 is 0 Å². The van der Waals surface area contributed by atoms with Crippen LogP contribution in [0.5, 0.6) is 5.75 Å². The van der Waals surface area contributed by atoms with Gasteiger partial charge < -0.3 is 10.5 Å². The molecule has 1 aliphatic rings. The second-order valence-corrected chi connectivity index (χ2v) is 4.96. The first kappa shape index (κ1) is 11.5. The van der Waals surface area contributed by atoms with Crippen molar-refractivity contribution in [3.8, 4) is 5.75 Å². The first-order valence-corrected chi connectivity index (χ1v) is 6.08. The molecular weight excluding hydrogens is 198 g/mol. The van der Waals surface area contributed by atoms with E-state index in [1.54, 1.807) is 7.11 Å². The fourth-order valence-corrected chi connectivity index (χ4v) is 2.84. The van der Waals surface area contributed by atoms with Crippen molar-refractivity contribution >= 4 is 0 Å². The summed E-state index contributed by atoms with van der Waals surface area (Å²) in [6.45, 7) is 2.14. The van der Waals surface area contributed by atoms with Crippen molar-refractivity contribution in [2.45, 2.75) is 38.1 Å². The standard InChI is InChI=1S/C14H21NO/c1-14(15,11-7-3-4-8-11)12-9-5-6-10-13(12)16-2/h5-6,9-11H,3-4,7-8,15H2,1-2H3. The molecule has 1 unspecified atom stereocenters. The largest absolute Gasteiger partial charge is 0.496 e. The molecule has 0 heterocycles. The Morgan fingerprint density at radius 2 is 1.88 bits per heavy atom. The number of benzene rings is 1. The maximum absolute atomic E-state index is 6.54. The molecule has 2 N–H and O–H groups in total. The molecule has 0 saturated heterocycles. The van der Waals surface area contributed by atoms with Crippen molar-refractivity contribution < 1.29 is 4.74 Å². The zero-order chi connectivity index (χ0) is 11.6. The minimum absolute atomic E-state index is 0.261. The molecule has 1 saturated carbocycles. The SMILES string of the molecule is COc1ccccc1C(C)(N)C1CCCC1. The molecule has 2 heteroatoms. The second kappa shape index (κ2) is 4.46. The number of ether oxygens (including phenoxy) is 1. The molecule has 0 aliphatic heterocycles. The zero-order valence-electron chi connectivity index (χ0n) is 10.2. The predicted molar refractivity (Wildman–Crippen MR) is 66.5 cm³/mol. The van der Waals surface area contributed by atoms with Crippen LogP contribution in [-0.2, 0) is 5.54 Å². The van der Waals surface area contributed by atoms with E-state index in [-0.39, 0.29) is 5.54 Å². The van der Waals surface area contributed by atoms with Crippen LogP contribution in [-0.4, -0.2) is 7.11 Å². The number of hydrogen-bond acceptors (Lipinski definition) is 2. The van der Waals surface area contributed by atoms with E-state index in [4.69, 9.17) is 10.5 Å². The van der Waals surface area contributed by atoms with Crippen LogP contribution in [0.3, 0.4) is 0 Å². The summed E-state index contributed by atoms with van der Waals surface area (Å²) in [5, 5.41) is 0. The van der Waals surface area contributed by atoms with Crippen molar-refractivity contribution in [1.82, 2.24) is 0 Å². The molecule has 0 bridgehead atoms. The van der Waals surface area contributed by atoms with Crippen LogP contribution in [0.2, 0.25) is 0 Å². The van der Waals surface area contributed by atoms with Crippen molar-refractivity contribution in [2.24, 2.45) is 11.7 Å². The molecule has 0 aromatic heterocycles. The molecule has 2 nitrogen and oxygen atoms in total. The fraction of sp³-hybridized carbons (Fsp3) is 0.571. The van der Waals surface area contributed by atoms with Gasteiger partial charge in [0.25, 0.3) is 0 Å². The van der Waals surface area contributed by atoms with Gasteiger partial charge in [-0.1, -0.05) is 31.0 Å². The molecule has 1 aliphatic carbocycles. The normalized spacial score (nSPS) is 20.7. The molecule has 0 spiro atoms. The third-order valence-electron chi connectivity index (χ3n) is 3.89. The summed E-state index contributed by atoms with van der Waals surface area (Å²) in [7, 11) is 1.71. The van der Waals surface area contributed by atoms with Crippen molar-refractivity contribution in [3.05, 3.63) is 29.8 Å². The van der Waals surface area contributed by atoms with Gasteiger partial charge in [0.1, 0.15) is 5.75 Å². The summed E-state index contributed by atoms with van der Waals surface area (Å²) in [6, 6.07) is 8.12. The minimum atomic E-state index is -0.261. The van der Waals surface area contributed by atoms with Gasteiger partial charge in [-0.25, -0.2) is 0 Å². The average molecular weight is 219 g/mol. The van der Waals surface area contributed by atoms with Gasteiger partial charge in [0.15, 0.2) is 0 Å². The van der Waals surface area contributed by atoms with Crippen LogP contribution < -0.4 is 10.5 Å². The Hall–Kier alpha value is -1.02. The van der Waals surface area contributed by atoms with Crippen LogP contribution in [0.25, 0.3) is 0 Å². The smallest absolute Gasteiger partial charge is 0.123 e. The Kier molecular flexibility index (Phi) is 3.20. The first-order chi connectivity index (χ1) is 7.66. The summed E-state index contributed by atoms with van der Waals surface area (Å²) in [6.07, 6.45) is 5.11. The third-order valence-corrected chi connectivity index (χ3v) is 3.89. The van der Waals surface area contributed by atoms with Crippen LogP contribution >= 0.6 is 0 Å². The summed E-state index contributed by atoms with van der Waals surface area (Å²) in [5.74, 6) is 1.50. The number of hydrogen-bond donors (Lipinski definition) is 1. The number of rotatable bonds is 3. The van der Waals surface area contributed by atoms with E-state index in [9.17, 15) is 0 Å². The molecule has 1 aromatic rings. The van der Waals surface area contributed by atoms with Crippen LogP contribution in [0, 0.1) is 5.92 Å². The van der Waals surface area contributed by atoms with Crippen molar-refractivity contribution in [2.75, 3.05) is 7.11 Å². The van der Waals surface area contributed by atoms with Gasteiger partial charge in [0.2, 0.25) is 0 Å². The van der Waals surface area contributed by atoms with E-state index in [0.29, 0.717) is 5.92 Å². The van der Waals surface area contributed by atoms with E-state index in [2.05, 4.69) is 13.0 Å². The van der Waals surface area contributed by atoms with Gasteiger partial charge in [-0.05, 0) is 31.7 Å². The average Bonchev–Trinajstić information content (AvgIpc) is 2.83. The van der Waals surface area contributed by atoms with E-state index >= 15 is 0 Å². The molecule has 16 heavy (non-hydrogen) atoms. The Balaban J connectivity index is 2.33. The van der Waals surface area contributed by atoms with E-state index in [1.165, 1.54) is 25.7 Å². The second-order valence-electron chi connectivity index (χ2n) is 4.96. The van der Waals surface area contributed by atoms with Crippen molar-refractivity contribution in [1.29, 1.82) is 0 Å². The lowest BCUT2D eigenvalue weighted by Crippen LogP contribution is -2.40. The predicted octanol–water partition coefficient (Wildman–Crippen LogP) is 3.06. The summed E-state index contributed by atoms with van der Waals surface area (Å²) >= 11 is 0. The van der Waals surface area contributed by atoms with Gasteiger partial charge >= 0.3 is 0 Å². The van der Waals surface area contributed by atoms with Crippen LogP contribution in [0.15, 0.2) is 24.3 Å². The molecule has 1 atom stereocenters. The molecule has 0 radical (unpaired) electrons. The highest BCUT2D eigenvalue weighted by atomic mass is 16.5. The highest BCUT2D eigenvalue weighted by Gasteiger charge is 2.35. The summed E-state index contributed by atoms with van der Waals surface area (Å²) in [5.41, 5.74) is 7.42. The number of nitrogens with two attached hydrogens (primary N) is 1. The molecule has 1 aromatic carbocycles. The van der Waals surface area contributed by atoms with Crippen molar-refractivity contribution in [3.63, 3.8) is 0 Å². The topological polar surface area (TPSA) is 35.2 Å². The lowest BCUT2D eigenvalue weighted by molar-refractivity contribution is 0.292. The van der Waals surface area contributed by atoms with Crippen LogP contribution in [0.1, 0.15) is 38.2 Å². The fourth-order valence-electron chi connectivity index (χ4n) is 2.84. The molecule has 1 fully saturated rings. The van der Waals surface area contributed by atoms with Gasteiger partial charge in [0, 0.05) is 11.1 Å². The summed E-state index contributed by atoms with van der Waals surface area (Å²) < 4.78 is 5.41. The third kappa shape index (κ3) is 1.94. The number of methoxy groups -OCH3 is 1. The van der Waals surface area contributed by atoms with Gasteiger partial charge in [-0.3, -0.25) is 0 Å². The molecular formula is C14H21NO. The van der Waals surface area contributed by atoms with Gasteiger partial charge in [-0.2, -0.15) is 0 Å². The lowest BCUT2D eigenvalue weighted by Gasteiger charge is -2.33. The van der Waals surface area contributed by atoms with Gasteiger partial charge in [0.05, 0.1) is 7.11 Å². The monoisotopic (exact) mass is 219 g/mol. The Morgan fingerprint density at radius 1 is 1.25 bits per heavy atom. The maximum Gasteiger partial charge on any atom is 0.123 e. The Bertz CT molecular complexity index is 354. The lowest BCUT2D eigenvalue weighted by atomic mass is 9.79. The van der Waals surface area contributed by atoms with E-state index in [1.807, 2.05) is 18.2 Å².